The molecule has 13 heteroatoms. The van der Waals surface area contributed by atoms with Crippen molar-refractivity contribution >= 4 is 46.3 Å². The van der Waals surface area contributed by atoms with Gasteiger partial charge in [-0.2, -0.15) is 0 Å². The van der Waals surface area contributed by atoms with Crippen LogP contribution in [0.15, 0.2) is 41.1 Å². The van der Waals surface area contributed by atoms with E-state index in [0.717, 1.165) is 24.9 Å². The highest BCUT2D eigenvalue weighted by Crippen LogP contribution is 2.27. The number of nitrogens with zero attached hydrogens (tertiary/aromatic N) is 3. The molecular weight excluding hydrogens is 587 g/mol. The summed E-state index contributed by atoms with van der Waals surface area (Å²) >= 11 is 2.63. The number of benzene rings is 1. The lowest BCUT2D eigenvalue weighted by Gasteiger charge is -2.26. The molecule has 4 N–H and O–H groups in total. The van der Waals surface area contributed by atoms with Crippen LogP contribution in [-0.4, -0.2) is 70.7 Å². The monoisotopic (exact) mass is 623 g/mol. The summed E-state index contributed by atoms with van der Waals surface area (Å²) in [5, 5.41) is 16.8. The maximum absolute atomic E-state index is 13.5. The van der Waals surface area contributed by atoms with Crippen LogP contribution >= 0.6 is 22.7 Å². The van der Waals surface area contributed by atoms with Gasteiger partial charge in [0.25, 0.3) is 11.8 Å². The number of amides is 4. The van der Waals surface area contributed by atoms with Crippen LogP contribution in [0, 0.1) is 5.92 Å². The molecule has 5 rings (SSSR count). The van der Waals surface area contributed by atoms with Gasteiger partial charge in [0.1, 0.15) is 21.4 Å². The van der Waals surface area contributed by atoms with Crippen molar-refractivity contribution in [3.05, 3.63) is 68.1 Å². The van der Waals surface area contributed by atoms with Gasteiger partial charge in [0.2, 0.25) is 11.8 Å². The van der Waals surface area contributed by atoms with E-state index in [2.05, 4.69) is 31.2 Å². The van der Waals surface area contributed by atoms with Crippen molar-refractivity contribution in [2.75, 3.05) is 26.2 Å². The number of nitrogens with one attached hydrogen (secondary N) is 4. The highest BCUT2D eigenvalue weighted by Gasteiger charge is 2.30. The van der Waals surface area contributed by atoms with Gasteiger partial charge in [-0.3, -0.25) is 19.2 Å². The second kappa shape index (κ2) is 14.2. The summed E-state index contributed by atoms with van der Waals surface area (Å²) in [5.41, 5.74) is 1.53. The highest BCUT2D eigenvalue weighted by atomic mass is 32.1. The van der Waals surface area contributed by atoms with E-state index >= 15 is 0 Å². The number of fused-ring (bicyclic) bond motifs is 4. The molecule has 0 aliphatic carbocycles. The zero-order valence-electron chi connectivity index (χ0n) is 24.3. The number of hydrogen-bond donors (Lipinski definition) is 4. The Kier molecular flexibility index (Phi) is 10.2. The summed E-state index contributed by atoms with van der Waals surface area (Å²) in [6.07, 6.45) is 2.57. The van der Waals surface area contributed by atoms with E-state index < -0.39 is 12.1 Å². The normalized spacial score (nSPS) is 22.3. The highest BCUT2D eigenvalue weighted by molar-refractivity contribution is 7.10. The lowest BCUT2D eigenvalue weighted by atomic mass is 10.0. The van der Waals surface area contributed by atoms with Crippen LogP contribution < -0.4 is 21.3 Å². The number of hydrogen-bond acceptors (Lipinski definition) is 9. The number of rotatable bonds is 4. The Morgan fingerprint density at radius 2 is 1.67 bits per heavy atom. The average molecular weight is 624 g/mol. The molecule has 1 fully saturated rings. The van der Waals surface area contributed by atoms with Crippen molar-refractivity contribution < 1.29 is 19.2 Å². The maximum atomic E-state index is 13.5. The predicted molar refractivity (Wildman–Crippen MR) is 165 cm³/mol. The third-order valence-corrected chi connectivity index (χ3v) is 9.43. The van der Waals surface area contributed by atoms with Gasteiger partial charge in [0.05, 0.1) is 24.7 Å². The zero-order valence-corrected chi connectivity index (χ0v) is 25.9. The predicted octanol–water partition coefficient (Wildman–Crippen LogP) is 2.84. The lowest BCUT2D eigenvalue weighted by molar-refractivity contribution is -0.137. The van der Waals surface area contributed by atoms with E-state index in [9.17, 15) is 19.2 Å². The molecule has 2 aliphatic rings. The van der Waals surface area contributed by atoms with Gasteiger partial charge in [-0.15, -0.1) is 22.7 Å². The molecule has 3 aromatic rings. The summed E-state index contributed by atoms with van der Waals surface area (Å²) in [6.45, 7) is 5.23. The van der Waals surface area contributed by atoms with Gasteiger partial charge < -0.3 is 26.2 Å². The van der Waals surface area contributed by atoms with E-state index in [4.69, 9.17) is 0 Å². The molecule has 0 radical (unpaired) electrons. The van der Waals surface area contributed by atoms with Crippen LogP contribution in [-0.2, 0) is 16.0 Å². The number of thiazole rings is 2. The molecule has 4 bridgehead atoms. The molecule has 0 spiro atoms. The van der Waals surface area contributed by atoms with E-state index in [0.29, 0.717) is 35.9 Å². The van der Waals surface area contributed by atoms with Crippen LogP contribution in [0.1, 0.15) is 81.7 Å². The third kappa shape index (κ3) is 7.84. The van der Waals surface area contributed by atoms with Crippen molar-refractivity contribution in [1.29, 1.82) is 0 Å². The Labute approximate surface area is 258 Å². The molecule has 1 saturated heterocycles. The smallest absolute Gasteiger partial charge is 0.271 e. The first-order chi connectivity index (χ1) is 20.8. The van der Waals surface area contributed by atoms with Gasteiger partial charge in [0.15, 0.2) is 0 Å². The SMILES string of the molecule is CC(C)[C@@H]1NC(=O)c2csc(n2)C(Cc2ccccc2)NC(=O)CN(C(=O)[C@@H]2CCCN2)CCCNC(=O)c2csc1n2. The van der Waals surface area contributed by atoms with Crippen molar-refractivity contribution in [2.24, 2.45) is 5.92 Å². The quantitative estimate of drug-likeness (QED) is 0.350. The fourth-order valence-electron chi connectivity index (χ4n) is 5.22. The molecule has 2 aliphatic heterocycles. The summed E-state index contributed by atoms with van der Waals surface area (Å²) in [5.74, 6) is -1.10. The fraction of sp³-hybridized carbons (Fsp3) is 0.467. The molecule has 43 heavy (non-hydrogen) atoms. The van der Waals surface area contributed by atoms with Crippen molar-refractivity contribution in [1.82, 2.24) is 36.1 Å². The van der Waals surface area contributed by atoms with Gasteiger partial charge in [-0.1, -0.05) is 44.2 Å². The van der Waals surface area contributed by atoms with Crippen LogP contribution in [0.4, 0.5) is 0 Å². The molecular formula is C30H37N7O4S2. The molecule has 0 saturated carbocycles. The second-order valence-electron chi connectivity index (χ2n) is 11.2. The summed E-state index contributed by atoms with van der Waals surface area (Å²) in [7, 11) is 0. The molecule has 4 heterocycles. The van der Waals surface area contributed by atoms with Crippen LogP contribution in [0.5, 0.6) is 0 Å². The van der Waals surface area contributed by atoms with Crippen molar-refractivity contribution in [2.45, 2.75) is 57.7 Å². The minimum atomic E-state index is -0.494. The Balaban J connectivity index is 1.45. The van der Waals surface area contributed by atoms with Crippen molar-refractivity contribution in [3.63, 3.8) is 0 Å². The number of carbonyl (C=O) groups excluding carboxylic acids is 4. The topological polar surface area (TPSA) is 145 Å². The first-order valence-electron chi connectivity index (χ1n) is 14.6. The Bertz CT molecular complexity index is 1430. The molecule has 2 aromatic heterocycles. The number of aromatic nitrogens is 2. The molecule has 11 nitrogen and oxygen atoms in total. The second-order valence-corrected chi connectivity index (χ2v) is 12.9. The zero-order chi connectivity index (χ0) is 30.3. The minimum absolute atomic E-state index is 0.0150. The van der Waals surface area contributed by atoms with Gasteiger partial charge >= 0.3 is 0 Å². The third-order valence-electron chi connectivity index (χ3n) is 7.54. The standard InChI is InChI=1S/C30H37N7O4S2/c1-18(2)25-29-35-22(16-43-29)26(39)32-12-7-13-37(30(41)20-10-6-11-31-20)15-24(38)33-21(14-19-8-4-3-5-9-19)28-34-23(17-42-28)27(40)36-25/h3-5,8-9,16-18,20-21,25,31H,6-7,10-15H2,1-2H3,(H,32,39)(H,33,38)(H,36,40)/t20-,21?,25-/m0/s1. The lowest BCUT2D eigenvalue weighted by Crippen LogP contribution is -2.49. The first kappa shape index (κ1) is 30.8. The van der Waals surface area contributed by atoms with Crippen LogP contribution in [0.25, 0.3) is 0 Å². The molecule has 228 valence electrons. The summed E-state index contributed by atoms with van der Waals surface area (Å²) in [6, 6.07) is 8.53. The van der Waals surface area contributed by atoms with Crippen molar-refractivity contribution in [3.8, 4) is 0 Å². The van der Waals surface area contributed by atoms with Gasteiger partial charge in [0, 0.05) is 23.8 Å². The molecule has 1 unspecified atom stereocenters. The van der Waals surface area contributed by atoms with E-state index in [1.807, 2.05) is 44.2 Å². The van der Waals surface area contributed by atoms with Crippen LogP contribution in [0.2, 0.25) is 0 Å². The van der Waals surface area contributed by atoms with Crippen LogP contribution in [0.3, 0.4) is 0 Å². The molecule has 4 amide bonds. The van der Waals surface area contributed by atoms with E-state index in [1.54, 1.807) is 15.7 Å². The van der Waals surface area contributed by atoms with E-state index in [-0.39, 0.29) is 53.5 Å². The number of carbonyl (C=O) groups is 4. The largest absolute Gasteiger partial charge is 0.351 e. The Morgan fingerprint density at radius 1 is 0.953 bits per heavy atom. The van der Waals surface area contributed by atoms with Gasteiger partial charge in [-0.25, -0.2) is 9.97 Å². The molecule has 1 aromatic carbocycles. The first-order valence-corrected chi connectivity index (χ1v) is 16.4. The fourth-order valence-corrected chi connectivity index (χ4v) is 7.09. The Morgan fingerprint density at radius 3 is 2.40 bits per heavy atom. The van der Waals surface area contributed by atoms with E-state index in [1.165, 1.54) is 22.7 Å². The minimum Gasteiger partial charge on any atom is -0.351 e. The summed E-state index contributed by atoms with van der Waals surface area (Å²) < 4.78 is 0. The average Bonchev–Trinajstić information content (AvgIpc) is 3.79. The Hall–Kier alpha value is -3.68. The summed E-state index contributed by atoms with van der Waals surface area (Å²) in [4.78, 5) is 63.8. The van der Waals surface area contributed by atoms with Gasteiger partial charge in [-0.05, 0) is 43.7 Å². The maximum Gasteiger partial charge on any atom is 0.271 e. The molecule has 3 atom stereocenters.